The van der Waals surface area contributed by atoms with E-state index in [2.05, 4.69) is 17.5 Å². The molecule has 5 heteroatoms. The second-order valence-electron chi connectivity index (χ2n) is 5.36. The predicted octanol–water partition coefficient (Wildman–Crippen LogP) is 3.57. The average Bonchev–Trinajstić information content (AvgIpc) is 3.08. The molecule has 0 unspecified atom stereocenters. The summed E-state index contributed by atoms with van der Waals surface area (Å²) in [5, 5.41) is 3.19. The summed E-state index contributed by atoms with van der Waals surface area (Å²) in [5.41, 5.74) is 4.04. The van der Waals surface area contributed by atoms with Crippen molar-refractivity contribution in [2.24, 2.45) is 0 Å². The van der Waals surface area contributed by atoms with Gasteiger partial charge in [-0.25, -0.2) is 9.59 Å². The lowest BCUT2D eigenvalue weighted by Crippen LogP contribution is -2.14. The molecule has 0 amide bonds. The fourth-order valence-corrected chi connectivity index (χ4v) is 2.74. The topological polar surface area (TPSA) is 64.6 Å². The van der Waals surface area contributed by atoms with Crippen molar-refractivity contribution in [3.63, 3.8) is 0 Å². The molecule has 1 N–H and O–H groups in total. The number of carbonyl (C=O) groups is 2. The van der Waals surface area contributed by atoms with Crippen molar-refractivity contribution in [1.82, 2.24) is 0 Å². The highest BCUT2D eigenvalue weighted by atomic mass is 16.5. The third kappa shape index (κ3) is 2.88. The second-order valence-corrected chi connectivity index (χ2v) is 5.36. The van der Waals surface area contributed by atoms with Crippen molar-refractivity contribution in [2.75, 3.05) is 19.5 Å². The van der Waals surface area contributed by atoms with Crippen molar-refractivity contribution >= 4 is 29.4 Å². The molecule has 5 nitrogen and oxygen atoms in total. The van der Waals surface area contributed by atoms with Crippen LogP contribution in [-0.4, -0.2) is 26.2 Å². The highest BCUT2D eigenvalue weighted by Crippen LogP contribution is 2.28. The van der Waals surface area contributed by atoms with E-state index in [4.69, 9.17) is 9.47 Å². The van der Waals surface area contributed by atoms with Crippen LogP contribution in [0.2, 0.25) is 0 Å². The summed E-state index contributed by atoms with van der Waals surface area (Å²) >= 11 is 0. The van der Waals surface area contributed by atoms with Crippen LogP contribution in [0.3, 0.4) is 0 Å². The minimum absolute atomic E-state index is 0.155. The Hall–Kier alpha value is -3.08. The number of anilines is 2. The molecule has 0 fully saturated rings. The van der Waals surface area contributed by atoms with Gasteiger partial charge in [0.05, 0.1) is 31.0 Å². The minimum atomic E-state index is -0.598. The van der Waals surface area contributed by atoms with Gasteiger partial charge in [0, 0.05) is 5.69 Å². The van der Waals surface area contributed by atoms with Gasteiger partial charge in [-0.05, 0) is 41.8 Å². The molecule has 0 aromatic heterocycles. The second kappa shape index (κ2) is 6.58. The molecular formula is C19H17NO4. The summed E-state index contributed by atoms with van der Waals surface area (Å²) in [5.74, 6) is -1.18. The first-order chi connectivity index (χ1) is 11.6. The Labute approximate surface area is 139 Å². The van der Waals surface area contributed by atoms with Gasteiger partial charge >= 0.3 is 11.9 Å². The van der Waals surface area contributed by atoms with Crippen LogP contribution < -0.4 is 5.32 Å². The van der Waals surface area contributed by atoms with E-state index in [0.29, 0.717) is 5.69 Å². The number of fused-ring (bicyclic) bond motifs is 1. The first-order valence-corrected chi connectivity index (χ1v) is 7.50. The Morgan fingerprint density at radius 3 is 2.58 bits per heavy atom. The highest BCUT2D eigenvalue weighted by molar-refractivity contribution is 6.07. The number of ether oxygens (including phenoxy) is 2. The molecule has 0 bridgehead atoms. The lowest BCUT2D eigenvalue weighted by atomic mass is 10.0. The molecule has 0 saturated heterocycles. The summed E-state index contributed by atoms with van der Waals surface area (Å²) in [6.45, 7) is 0. The monoisotopic (exact) mass is 323 g/mol. The number of hydrogen-bond acceptors (Lipinski definition) is 5. The normalized spacial score (nSPS) is 11.8. The number of nitrogens with one attached hydrogen (secondary N) is 1. The quantitative estimate of drug-likeness (QED) is 0.871. The van der Waals surface area contributed by atoms with Gasteiger partial charge in [0.2, 0.25) is 0 Å². The van der Waals surface area contributed by atoms with E-state index in [1.165, 1.54) is 25.8 Å². The molecule has 0 heterocycles. The van der Waals surface area contributed by atoms with Crippen LogP contribution in [0.25, 0.3) is 6.08 Å². The number of benzene rings is 2. The third-order valence-corrected chi connectivity index (χ3v) is 3.92. The molecule has 24 heavy (non-hydrogen) atoms. The van der Waals surface area contributed by atoms with E-state index in [0.717, 1.165) is 17.7 Å². The van der Waals surface area contributed by atoms with Gasteiger partial charge in [0.25, 0.3) is 0 Å². The molecule has 3 rings (SSSR count). The van der Waals surface area contributed by atoms with Gasteiger partial charge in [-0.2, -0.15) is 0 Å². The van der Waals surface area contributed by atoms with Crippen molar-refractivity contribution < 1.29 is 19.1 Å². The summed E-state index contributed by atoms with van der Waals surface area (Å²) in [7, 11) is 2.55. The van der Waals surface area contributed by atoms with Crippen LogP contribution in [0.1, 0.15) is 31.8 Å². The average molecular weight is 323 g/mol. The van der Waals surface area contributed by atoms with E-state index in [-0.39, 0.29) is 11.1 Å². The summed E-state index contributed by atoms with van der Waals surface area (Å²) < 4.78 is 9.58. The fraction of sp³-hybridized carbons (Fsp3) is 0.158. The zero-order valence-corrected chi connectivity index (χ0v) is 13.5. The van der Waals surface area contributed by atoms with Gasteiger partial charge < -0.3 is 14.8 Å². The summed E-state index contributed by atoms with van der Waals surface area (Å²) in [4.78, 5) is 24.1. The zero-order valence-electron chi connectivity index (χ0n) is 13.5. The van der Waals surface area contributed by atoms with Crippen LogP contribution in [-0.2, 0) is 15.9 Å². The van der Waals surface area contributed by atoms with E-state index in [1.807, 2.05) is 18.2 Å². The molecule has 0 saturated carbocycles. The van der Waals surface area contributed by atoms with Gasteiger partial charge in [0.1, 0.15) is 0 Å². The number of rotatable bonds is 4. The Balaban J connectivity index is 2.02. The molecule has 122 valence electrons. The lowest BCUT2D eigenvalue weighted by molar-refractivity contribution is 0.0556. The summed E-state index contributed by atoms with van der Waals surface area (Å²) in [6, 6.07) is 10.9. The van der Waals surface area contributed by atoms with Gasteiger partial charge in [0.15, 0.2) is 0 Å². The van der Waals surface area contributed by atoms with Crippen LogP contribution in [0.4, 0.5) is 11.4 Å². The first kappa shape index (κ1) is 15.8. The maximum absolute atomic E-state index is 12.2. The lowest BCUT2D eigenvalue weighted by Gasteiger charge is -2.14. The number of allylic oxidation sites excluding steroid dienone is 1. The fourth-order valence-electron chi connectivity index (χ4n) is 2.74. The molecule has 1 aliphatic rings. The predicted molar refractivity (Wildman–Crippen MR) is 91.6 cm³/mol. The van der Waals surface area contributed by atoms with Crippen molar-refractivity contribution in [3.8, 4) is 0 Å². The minimum Gasteiger partial charge on any atom is -0.465 e. The smallest absolute Gasteiger partial charge is 0.340 e. The number of esters is 2. The highest BCUT2D eigenvalue weighted by Gasteiger charge is 2.22. The van der Waals surface area contributed by atoms with E-state index in [9.17, 15) is 9.59 Å². The van der Waals surface area contributed by atoms with Gasteiger partial charge in [-0.15, -0.1) is 0 Å². The molecule has 2 aromatic rings. The van der Waals surface area contributed by atoms with Crippen molar-refractivity contribution in [3.05, 3.63) is 64.7 Å². The number of methoxy groups -OCH3 is 2. The maximum atomic E-state index is 12.2. The Bertz CT molecular complexity index is 839. The summed E-state index contributed by atoms with van der Waals surface area (Å²) in [6.07, 6.45) is 5.10. The SMILES string of the molecule is COC(=O)c1cccc(Nc2ccc3c(c2)C=CC3)c1C(=O)OC. The maximum Gasteiger partial charge on any atom is 0.340 e. The molecule has 0 aliphatic heterocycles. The Morgan fingerprint density at radius 2 is 1.83 bits per heavy atom. The molecule has 0 radical (unpaired) electrons. The Kier molecular flexibility index (Phi) is 4.33. The van der Waals surface area contributed by atoms with Crippen molar-refractivity contribution in [1.29, 1.82) is 0 Å². The molecule has 1 aliphatic carbocycles. The molecule has 2 aromatic carbocycles. The molecule has 0 spiro atoms. The Morgan fingerprint density at radius 1 is 1.04 bits per heavy atom. The standard InChI is InChI=1S/C19H17NO4/c1-23-18(21)15-7-4-8-16(17(15)19(22)24-2)20-14-10-9-12-5-3-6-13(12)11-14/h3-4,6-11,20H,5H2,1-2H3. The largest absolute Gasteiger partial charge is 0.465 e. The van der Waals surface area contributed by atoms with Crippen LogP contribution in [0.15, 0.2) is 42.5 Å². The van der Waals surface area contributed by atoms with E-state index < -0.39 is 11.9 Å². The number of hydrogen-bond donors (Lipinski definition) is 1. The van der Waals surface area contributed by atoms with Crippen LogP contribution in [0, 0.1) is 0 Å². The first-order valence-electron chi connectivity index (χ1n) is 7.50. The van der Waals surface area contributed by atoms with Crippen LogP contribution >= 0.6 is 0 Å². The molecular weight excluding hydrogens is 306 g/mol. The van der Waals surface area contributed by atoms with Gasteiger partial charge in [-0.3, -0.25) is 0 Å². The number of carbonyl (C=O) groups excluding carboxylic acids is 2. The third-order valence-electron chi connectivity index (χ3n) is 3.92. The van der Waals surface area contributed by atoms with Crippen molar-refractivity contribution in [2.45, 2.75) is 6.42 Å². The van der Waals surface area contributed by atoms with Gasteiger partial charge in [-0.1, -0.05) is 24.3 Å². The van der Waals surface area contributed by atoms with E-state index in [1.54, 1.807) is 12.1 Å². The zero-order chi connectivity index (χ0) is 17.1. The van der Waals surface area contributed by atoms with Crippen LogP contribution in [0.5, 0.6) is 0 Å². The van der Waals surface area contributed by atoms with E-state index >= 15 is 0 Å². The molecule has 0 atom stereocenters.